The van der Waals surface area contributed by atoms with Crippen molar-refractivity contribution in [3.63, 3.8) is 0 Å². The number of ether oxygens (including phenoxy) is 2. The number of tetrazole rings is 1. The van der Waals surface area contributed by atoms with Crippen LogP contribution in [-0.4, -0.2) is 126 Å². The second kappa shape index (κ2) is 21.5. The summed E-state index contributed by atoms with van der Waals surface area (Å²) in [5, 5.41) is 38.2. The van der Waals surface area contributed by atoms with Crippen molar-refractivity contribution in [2.24, 2.45) is 0 Å². The highest BCUT2D eigenvalue weighted by atomic mass is 32.2. The molecule has 1 rings (SSSR count). The molecule has 2 atom stereocenters. The Bertz CT molecular complexity index is 1210. The summed E-state index contributed by atoms with van der Waals surface area (Å²) in [4.78, 5) is 69.9. The van der Waals surface area contributed by atoms with Crippen LogP contribution in [0.2, 0.25) is 0 Å². The number of nitrogens with zero attached hydrogens (tertiary/aromatic N) is 3. The Balaban J connectivity index is 2.10. The zero-order chi connectivity index (χ0) is 33.7. The summed E-state index contributed by atoms with van der Waals surface area (Å²) >= 11 is 0. The van der Waals surface area contributed by atoms with E-state index in [4.69, 9.17) is 14.6 Å². The minimum atomic E-state index is -3.89. The number of aliphatic carboxylic acids is 2. The number of aromatic nitrogens is 4. The number of carboxylic acids is 2. The SMILES string of the molecule is CC[C@H](NC(=O)CC[C@H](NC(=O)COCCOCCNC(=O)CCCS(=O)(=O)NC(=O)CCCc1nnn[nH]1)C(=O)O)C(=O)O. The molecule has 0 unspecified atom stereocenters. The first-order chi connectivity index (χ1) is 21.3. The molecule has 1 aromatic rings. The lowest BCUT2D eigenvalue weighted by atomic mass is 10.1. The largest absolute Gasteiger partial charge is 0.480 e. The van der Waals surface area contributed by atoms with Crippen LogP contribution in [0.5, 0.6) is 0 Å². The number of H-pyrrole nitrogens is 1. The van der Waals surface area contributed by atoms with Crippen LogP contribution in [-0.2, 0) is 54.7 Å². The fourth-order valence-corrected chi connectivity index (χ4v) is 4.58. The lowest BCUT2D eigenvalue weighted by Gasteiger charge is -2.16. The van der Waals surface area contributed by atoms with E-state index in [0.29, 0.717) is 18.7 Å². The molecule has 0 bridgehead atoms. The Morgan fingerprint density at radius 3 is 2.16 bits per heavy atom. The van der Waals surface area contributed by atoms with E-state index in [9.17, 15) is 42.3 Å². The predicted octanol–water partition coefficient (Wildman–Crippen LogP) is -2.77. The fourth-order valence-electron chi connectivity index (χ4n) is 3.51. The molecule has 0 aromatic carbocycles. The van der Waals surface area contributed by atoms with E-state index in [1.807, 2.05) is 4.72 Å². The Hall–Kier alpha value is -4.24. The Morgan fingerprint density at radius 2 is 1.51 bits per heavy atom. The number of rotatable bonds is 25. The number of nitrogens with one attached hydrogen (secondary N) is 5. The molecule has 7 N–H and O–H groups in total. The molecule has 1 aromatic heterocycles. The molecule has 4 amide bonds. The zero-order valence-electron chi connectivity index (χ0n) is 24.8. The van der Waals surface area contributed by atoms with Crippen LogP contribution < -0.4 is 20.7 Å². The highest BCUT2D eigenvalue weighted by Crippen LogP contribution is 2.02. The maximum atomic E-state index is 12.0. The molecular weight excluding hydrogens is 624 g/mol. The van der Waals surface area contributed by atoms with Crippen molar-refractivity contribution < 1.29 is 56.9 Å². The summed E-state index contributed by atoms with van der Waals surface area (Å²) in [5.74, 6) is -4.99. The number of hydrogen-bond acceptors (Lipinski definition) is 13. The molecular formula is C24H40N8O12S. The molecule has 45 heavy (non-hydrogen) atoms. The smallest absolute Gasteiger partial charge is 0.326 e. The van der Waals surface area contributed by atoms with E-state index in [2.05, 4.69) is 36.6 Å². The normalized spacial score (nSPS) is 12.5. The quantitative estimate of drug-likeness (QED) is 0.0520. The fraction of sp³-hybridized carbons (Fsp3) is 0.708. The summed E-state index contributed by atoms with van der Waals surface area (Å²) in [6, 6.07) is -2.47. The van der Waals surface area contributed by atoms with Crippen LogP contribution in [0.1, 0.15) is 57.7 Å². The van der Waals surface area contributed by atoms with Gasteiger partial charge in [0.25, 0.3) is 0 Å². The van der Waals surface area contributed by atoms with Gasteiger partial charge in [-0.3, -0.25) is 23.9 Å². The van der Waals surface area contributed by atoms with E-state index in [1.54, 1.807) is 6.92 Å². The van der Waals surface area contributed by atoms with Crippen LogP contribution in [0, 0.1) is 0 Å². The van der Waals surface area contributed by atoms with Gasteiger partial charge in [0.1, 0.15) is 24.5 Å². The van der Waals surface area contributed by atoms with Gasteiger partial charge in [-0.2, -0.15) is 0 Å². The first-order valence-corrected chi connectivity index (χ1v) is 15.7. The van der Waals surface area contributed by atoms with E-state index in [1.165, 1.54) is 0 Å². The Labute approximate surface area is 258 Å². The van der Waals surface area contributed by atoms with Crippen molar-refractivity contribution in [3.8, 4) is 0 Å². The Morgan fingerprint density at radius 1 is 0.844 bits per heavy atom. The second-order valence-electron chi connectivity index (χ2n) is 9.53. The summed E-state index contributed by atoms with van der Waals surface area (Å²) < 4.78 is 36.4. The molecule has 20 nitrogen and oxygen atoms in total. The third kappa shape index (κ3) is 18.9. The first kappa shape index (κ1) is 38.8. The number of sulfonamides is 1. The van der Waals surface area contributed by atoms with Crippen molar-refractivity contribution in [2.45, 2.75) is 70.4 Å². The molecule has 0 spiro atoms. The number of carboxylic acid groups (broad SMARTS) is 2. The molecule has 21 heteroatoms. The van der Waals surface area contributed by atoms with Gasteiger partial charge in [0, 0.05) is 32.2 Å². The van der Waals surface area contributed by atoms with Crippen molar-refractivity contribution in [1.82, 2.24) is 41.3 Å². The topological polar surface area (TPSA) is 298 Å². The lowest BCUT2D eigenvalue weighted by Crippen LogP contribution is -2.44. The van der Waals surface area contributed by atoms with Gasteiger partial charge in [0.15, 0.2) is 0 Å². The molecule has 0 saturated carbocycles. The maximum Gasteiger partial charge on any atom is 0.326 e. The molecule has 0 saturated heterocycles. The van der Waals surface area contributed by atoms with Crippen LogP contribution >= 0.6 is 0 Å². The number of carbonyl (C=O) groups is 6. The number of amides is 4. The third-order valence-electron chi connectivity index (χ3n) is 5.80. The highest BCUT2D eigenvalue weighted by Gasteiger charge is 2.23. The standard InChI is InChI=1S/C24H40N8O12S/c1-2-16(23(37)38)26-20(34)9-8-17(24(39)40)27-22(36)15-44-13-12-43-11-10-25-19(33)7-4-14-45(41,42)30-21(35)6-3-5-18-28-31-32-29-18/h16-17H,2-15H2,1H3,(H,25,33)(H,26,34)(H,27,36)(H,30,35)(H,37,38)(H,39,40)(H,28,29,31,32)/t16-,17-/m0/s1. The number of aryl methyl sites for hydroxylation is 1. The Kier molecular flexibility index (Phi) is 18.5. The van der Waals surface area contributed by atoms with Crippen LogP contribution in [0.25, 0.3) is 0 Å². The number of hydrogen-bond donors (Lipinski definition) is 7. The molecule has 0 aliphatic carbocycles. The first-order valence-electron chi connectivity index (χ1n) is 14.0. The van der Waals surface area contributed by atoms with Gasteiger partial charge in [-0.05, 0) is 36.1 Å². The zero-order valence-corrected chi connectivity index (χ0v) is 25.6. The van der Waals surface area contributed by atoms with E-state index in [0.717, 1.165) is 0 Å². The van der Waals surface area contributed by atoms with Gasteiger partial charge in [-0.15, -0.1) is 5.10 Å². The number of aromatic amines is 1. The van der Waals surface area contributed by atoms with E-state index in [-0.39, 0.29) is 64.9 Å². The predicted molar refractivity (Wildman–Crippen MR) is 152 cm³/mol. The van der Waals surface area contributed by atoms with E-state index < -0.39 is 70.0 Å². The average Bonchev–Trinajstić information content (AvgIpc) is 3.48. The summed E-state index contributed by atoms with van der Waals surface area (Å²) in [6.07, 6.45) is 0.185. The van der Waals surface area contributed by atoms with Gasteiger partial charge in [0.2, 0.25) is 33.7 Å². The molecule has 0 aliphatic heterocycles. The van der Waals surface area contributed by atoms with E-state index >= 15 is 0 Å². The maximum absolute atomic E-state index is 12.0. The third-order valence-corrected chi connectivity index (χ3v) is 7.17. The average molecular weight is 665 g/mol. The molecule has 0 aliphatic rings. The van der Waals surface area contributed by atoms with Gasteiger partial charge in [0.05, 0.1) is 25.6 Å². The van der Waals surface area contributed by atoms with Gasteiger partial charge >= 0.3 is 11.9 Å². The van der Waals surface area contributed by atoms with Crippen molar-refractivity contribution in [2.75, 3.05) is 38.7 Å². The monoisotopic (exact) mass is 664 g/mol. The lowest BCUT2D eigenvalue weighted by molar-refractivity contribution is -0.144. The summed E-state index contributed by atoms with van der Waals surface area (Å²) in [7, 11) is -3.89. The molecule has 0 radical (unpaired) electrons. The molecule has 0 fully saturated rings. The van der Waals surface area contributed by atoms with Crippen LogP contribution in [0.15, 0.2) is 0 Å². The summed E-state index contributed by atoms with van der Waals surface area (Å²) in [5.41, 5.74) is 0. The van der Waals surface area contributed by atoms with Crippen LogP contribution in [0.4, 0.5) is 0 Å². The minimum Gasteiger partial charge on any atom is -0.480 e. The van der Waals surface area contributed by atoms with Gasteiger partial charge in [-0.1, -0.05) is 6.92 Å². The van der Waals surface area contributed by atoms with Crippen molar-refractivity contribution in [3.05, 3.63) is 5.82 Å². The van der Waals surface area contributed by atoms with Gasteiger partial charge in [-0.25, -0.2) is 23.1 Å². The highest BCUT2D eigenvalue weighted by molar-refractivity contribution is 7.90. The number of carbonyl (C=O) groups excluding carboxylic acids is 4. The second-order valence-corrected chi connectivity index (χ2v) is 11.4. The van der Waals surface area contributed by atoms with Crippen LogP contribution in [0.3, 0.4) is 0 Å². The molecule has 1 heterocycles. The van der Waals surface area contributed by atoms with Gasteiger partial charge < -0.3 is 35.6 Å². The summed E-state index contributed by atoms with van der Waals surface area (Å²) in [6.45, 7) is 1.36. The van der Waals surface area contributed by atoms with Crippen molar-refractivity contribution >= 4 is 45.6 Å². The minimum absolute atomic E-state index is 0.00504. The van der Waals surface area contributed by atoms with Crippen molar-refractivity contribution in [1.29, 1.82) is 0 Å². The molecule has 254 valence electrons.